The predicted molar refractivity (Wildman–Crippen MR) is 139 cm³/mol. The quantitative estimate of drug-likeness (QED) is 0.551. The Morgan fingerprint density at radius 3 is 2.12 bits per heavy atom. The van der Waals surface area contributed by atoms with Crippen LogP contribution in [0.25, 0.3) is 0 Å². The van der Waals surface area contributed by atoms with E-state index in [-0.39, 0.29) is 28.6 Å². The maximum atomic E-state index is 13.3. The van der Waals surface area contributed by atoms with Crippen LogP contribution in [0.2, 0.25) is 0 Å². The molecule has 2 aromatic rings. The minimum absolute atomic E-state index is 0.0124. The van der Waals surface area contributed by atoms with Gasteiger partial charge in [-0.05, 0) is 71.6 Å². The van der Waals surface area contributed by atoms with Crippen LogP contribution in [0.5, 0.6) is 0 Å². The molecular weight excluding hydrogens is 420 g/mol. The van der Waals surface area contributed by atoms with Crippen LogP contribution in [-0.2, 0) is 10.8 Å². The van der Waals surface area contributed by atoms with Gasteiger partial charge in [-0.1, -0.05) is 59.7 Å². The monoisotopic (exact) mass is 460 g/mol. The smallest absolute Gasteiger partial charge is 0.254 e. The van der Waals surface area contributed by atoms with Crippen LogP contribution < -0.4 is 0 Å². The molecule has 2 heterocycles. The van der Waals surface area contributed by atoms with Gasteiger partial charge in [-0.15, -0.1) is 0 Å². The lowest BCUT2D eigenvalue weighted by molar-refractivity contribution is 0.0502. The molecule has 4 rings (SSSR count). The Morgan fingerprint density at radius 2 is 1.53 bits per heavy atom. The zero-order chi connectivity index (χ0) is 24.8. The second-order valence-corrected chi connectivity index (χ2v) is 12.3. The van der Waals surface area contributed by atoms with Gasteiger partial charge in [0.15, 0.2) is 0 Å². The second-order valence-electron chi connectivity index (χ2n) is 12.3. The van der Waals surface area contributed by atoms with Crippen LogP contribution in [0.3, 0.4) is 0 Å². The summed E-state index contributed by atoms with van der Waals surface area (Å²) in [6, 6.07) is 14.7. The fourth-order valence-electron chi connectivity index (χ4n) is 5.18. The lowest BCUT2D eigenvalue weighted by Crippen LogP contribution is -2.49. The maximum absolute atomic E-state index is 13.3. The standard InChI is InChI=1S/C30H40N2O2/c1-20-13-16-32(20)28(34)22-11-12-25(26(18-22)30(5,6)7)23-14-15-31(19-23)27(33)21-9-8-10-24(17-21)29(2,3)4/h8-12,17-18,20,23H,13-16,19H2,1-7H3. The summed E-state index contributed by atoms with van der Waals surface area (Å²) in [4.78, 5) is 30.3. The van der Waals surface area contributed by atoms with E-state index in [9.17, 15) is 9.59 Å². The van der Waals surface area contributed by atoms with Crippen molar-refractivity contribution in [3.05, 3.63) is 70.3 Å². The highest BCUT2D eigenvalue weighted by atomic mass is 16.2. The first-order chi connectivity index (χ1) is 15.9. The lowest BCUT2D eigenvalue weighted by Gasteiger charge is -2.39. The van der Waals surface area contributed by atoms with Crippen molar-refractivity contribution < 1.29 is 9.59 Å². The topological polar surface area (TPSA) is 40.6 Å². The molecule has 2 amide bonds. The molecule has 2 atom stereocenters. The van der Waals surface area contributed by atoms with E-state index in [1.54, 1.807) is 0 Å². The summed E-state index contributed by atoms with van der Waals surface area (Å²) in [5, 5.41) is 0. The molecule has 4 heteroatoms. The number of amides is 2. The van der Waals surface area contributed by atoms with Crippen LogP contribution in [0.4, 0.5) is 0 Å². The first-order valence-electron chi connectivity index (χ1n) is 12.7. The molecule has 2 aromatic carbocycles. The van der Waals surface area contributed by atoms with E-state index < -0.39 is 0 Å². The van der Waals surface area contributed by atoms with E-state index in [1.165, 1.54) is 16.7 Å². The Labute approximate surface area is 205 Å². The van der Waals surface area contributed by atoms with Crippen LogP contribution in [0, 0.1) is 0 Å². The van der Waals surface area contributed by atoms with Gasteiger partial charge in [-0.2, -0.15) is 0 Å². The van der Waals surface area contributed by atoms with Gasteiger partial charge in [0.25, 0.3) is 11.8 Å². The molecule has 182 valence electrons. The van der Waals surface area contributed by atoms with Crippen LogP contribution in [-0.4, -0.2) is 47.3 Å². The van der Waals surface area contributed by atoms with E-state index in [4.69, 9.17) is 0 Å². The van der Waals surface area contributed by atoms with E-state index in [0.29, 0.717) is 6.04 Å². The highest BCUT2D eigenvalue weighted by Gasteiger charge is 2.34. The second kappa shape index (κ2) is 8.87. The molecule has 2 aliphatic rings. The van der Waals surface area contributed by atoms with Gasteiger partial charge >= 0.3 is 0 Å². The zero-order valence-corrected chi connectivity index (χ0v) is 21.9. The zero-order valence-electron chi connectivity index (χ0n) is 21.9. The van der Waals surface area contributed by atoms with Crippen LogP contribution in [0.15, 0.2) is 42.5 Å². The van der Waals surface area contributed by atoms with Crippen molar-refractivity contribution in [2.75, 3.05) is 19.6 Å². The van der Waals surface area contributed by atoms with Crippen molar-refractivity contribution in [2.24, 2.45) is 0 Å². The van der Waals surface area contributed by atoms with E-state index in [1.807, 2.05) is 34.1 Å². The number of carbonyl (C=O) groups is 2. The van der Waals surface area contributed by atoms with Crippen molar-refractivity contribution in [3.63, 3.8) is 0 Å². The maximum Gasteiger partial charge on any atom is 0.254 e. The van der Waals surface area contributed by atoms with Gasteiger partial charge in [-0.3, -0.25) is 9.59 Å². The third-order valence-electron chi connectivity index (χ3n) is 7.58. The van der Waals surface area contributed by atoms with Crippen molar-refractivity contribution in [2.45, 2.75) is 84.1 Å². The average molecular weight is 461 g/mol. The Kier molecular flexibility index (Phi) is 6.39. The fourth-order valence-corrected chi connectivity index (χ4v) is 5.18. The SMILES string of the molecule is CC1CCN1C(=O)c1ccc(C2CCN(C(=O)c3cccc(C(C)(C)C)c3)C2)c(C(C)(C)C)c1. The minimum atomic E-state index is -0.0787. The fraction of sp³-hybridized carbons (Fsp3) is 0.533. The van der Waals surface area contributed by atoms with Gasteiger partial charge in [0, 0.05) is 42.7 Å². The molecule has 2 unspecified atom stereocenters. The summed E-state index contributed by atoms with van der Waals surface area (Å²) >= 11 is 0. The third kappa shape index (κ3) is 4.78. The highest BCUT2D eigenvalue weighted by Crippen LogP contribution is 2.37. The van der Waals surface area contributed by atoms with Crippen molar-refractivity contribution in [1.29, 1.82) is 0 Å². The summed E-state index contributed by atoms with van der Waals surface area (Å²) in [5.41, 5.74) is 5.17. The third-order valence-corrected chi connectivity index (χ3v) is 7.58. The highest BCUT2D eigenvalue weighted by molar-refractivity contribution is 5.96. The summed E-state index contributed by atoms with van der Waals surface area (Å²) in [6.07, 6.45) is 2.03. The molecular formula is C30H40N2O2. The molecule has 0 aromatic heterocycles. The first-order valence-corrected chi connectivity index (χ1v) is 12.7. The Hall–Kier alpha value is -2.62. The summed E-state index contributed by atoms with van der Waals surface area (Å²) in [5.74, 6) is 0.540. The lowest BCUT2D eigenvalue weighted by atomic mass is 9.78. The van der Waals surface area contributed by atoms with Crippen molar-refractivity contribution in [1.82, 2.24) is 9.80 Å². The molecule has 0 spiro atoms. The molecule has 0 aliphatic carbocycles. The predicted octanol–water partition coefficient (Wildman–Crippen LogP) is 6.15. The number of hydrogen-bond acceptors (Lipinski definition) is 2. The van der Waals surface area contributed by atoms with Gasteiger partial charge < -0.3 is 9.80 Å². The van der Waals surface area contributed by atoms with Crippen LogP contribution >= 0.6 is 0 Å². The average Bonchev–Trinajstić information content (AvgIpc) is 3.26. The normalized spacial score (nSPS) is 20.9. The number of carbonyl (C=O) groups excluding carboxylic acids is 2. The van der Waals surface area contributed by atoms with Gasteiger partial charge in [-0.25, -0.2) is 0 Å². The molecule has 0 N–H and O–H groups in total. The summed E-state index contributed by atoms with van der Waals surface area (Å²) in [6.45, 7) is 17.6. The van der Waals surface area contributed by atoms with Crippen molar-refractivity contribution >= 4 is 11.8 Å². The largest absolute Gasteiger partial charge is 0.338 e. The number of nitrogens with zero attached hydrogens (tertiary/aromatic N) is 2. The molecule has 0 saturated carbocycles. The van der Waals surface area contributed by atoms with Crippen LogP contribution in [0.1, 0.15) is 105 Å². The molecule has 4 nitrogen and oxygen atoms in total. The van der Waals surface area contributed by atoms with Gasteiger partial charge in [0.05, 0.1) is 0 Å². The molecule has 2 saturated heterocycles. The van der Waals surface area contributed by atoms with E-state index >= 15 is 0 Å². The molecule has 34 heavy (non-hydrogen) atoms. The number of hydrogen-bond donors (Lipinski definition) is 0. The Balaban J connectivity index is 1.56. The summed E-state index contributed by atoms with van der Waals surface area (Å²) < 4.78 is 0. The van der Waals surface area contributed by atoms with Gasteiger partial charge in [0.2, 0.25) is 0 Å². The molecule has 2 fully saturated rings. The number of benzene rings is 2. The van der Waals surface area contributed by atoms with E-state index in [0.717, 1.165) is 43.6 Å². The first kappa shape index (κ1) is 24.5. The van der Waals surface area contributed by atoms with E-state index in [2.05, 4.69) is 66.7 Å². The molecule has 2 aliphatic heterocycles. The summed E-state index contributed by atoms with van der Waals surface area (Å²) in [7, 11) is 0. The van der Waals surface area contributed by atoms with Crippen molar-refractivity contribution in [3.8, 4) is 0 Å². The Bertz CT molecular complexity index is 1090. The number of likely N-dealkylation sites (tertiary alicyclic amines) is 2. The minimum Gasteiger partial charge on any atom is -0.338 e. The molecule has 0 radical (unpaired) electrons. The Morgan fingerprint density at radius 1 is 0.824 bits per heavy atom. The van der Waals surface area contributed by atoms with Gasteiger partial charge in [0.1, 0.15) is 0 Å². The molecule has 0 bridgehead atoms. The number of rotatable bonds is 3.